The van der Waals surface area contributed by atoms with E-state index in [2.05, 4.69) is 0 Å². The number of hydrogen-bond donors (Lipinski definition) is 2. The highest BCUT2D eigenvalue weighted by atomic mass is 16.5. The lowest BCUT2D eigenvalue weighted by atomic mass is 9.94. The molecule has 15 heavy (non-hydrogen) atoms. The van der Waals surface area contributed by atoms with Gasteiger partial charge in [0.25, 0.3) is 0 Å². The molecule has 6 heteroatoms. The third-order valence-electron chi connectivity index (χ3n) is 2.58. The minimum atomic E-state index is -0.988. The molecule has 0 aromatic heterocycles. The first-order valence-electron chi connectivity index (χ1n) is 4.73. The minimum Gasteiger partial charge on any atom is -0.480 e. The van der Waals surface area contributed by atoms with E-state index in [0.717, 1.165) is 0 Å². The maximum Gasteiger partial charge on any atom is 0.329 e. The fourth-order valence-electron chi connectivity index (χ4n) is 1.59. The van der Waals surface area contributed by atoms with E-state index in [1.165, 1.54) is 0 Å². The van der Waals surface area contributed by atoms with E-state index in [1.807, 2.05) is 11.8 Å². The Balaban J connectivity index is 2.34. The largest absolute Gasteiger partial charge is 0.480 e. The van der Waals surface area contributed by atoms with Gasteiger partial charge in [-0.15, -0.1) is 0 Å². The van der Waals surface area contributed by atoms with E-state index < -0.39 is 11.6 Å². The van der Waals surface area contributed by atoms with Crippen molar-refractivity contribution in [3.8, 4) is 0 Å². The third-order valence-corrected chi connectivity index (χ3v) is 2.58. The second-order valence-corrected chi connectivity index (χ2v) is 4.12. The number of carboxylic acids is 1. The van der Waals surface area contributed by atoms with Crippen LogP contribution in [0.25, 0.3) is 0 Å². The molecule has 1 saturated heterocycles. The molecule has 0 spiro atoms. The van der Waals surface area contributed by atoms with Crippen molar-refractivity contribution in [1.29, 1.82) is 0 Å². The van der Waals surface area contributed by atoms with Crippen molar-refractivity contribution >= 4 is 11.9 Å². The smallest absolute Gasteiger partial charge is 0.329 e. The van der Waals surface area contributed by atoms with E-state index in [-0.39, 0.29) is 18.6 Å². The summed E-state index contributed by atoms with van der Waals surface area (Å²) in [6.45, 7) is 4.29. The van der Waals surface area contributed by atoms with Gasteiger partial charge in [-0.1, -0.05) is 0 Å². The molecule has 1 unspecified atom stereocenters. The van der Waals surface area contributed by atoms with Crippen LogP contribution in [0.15, 0.2) is 0 Å². The van der Waals surface area contributed by atoms with Gasteiger partial charge in [-0.3, -0.25) is 9.69 Å². The van der Waals surface area contributed by atoms with E-state index in [9.17, 15) is 9.59 Å². The predicted octanol–water partition coefficient (Wildman–Crippen LogP) is -0.964. The van der Waals surface area contributed by atoms with Gasteiger partial charge in [0.05, 0.1) is 11.6 Å². The highest BCUT2D eigenvalue weighted by Crippen LogP contribution is 2.26. The van der Waals surface area contributed by atoms with Crippen LogP contribution in [0.2, 0.25) is 0 Å². The lowest BCUT2D eigenvalue weighted by Gasteiger charge is -2.49. The second-order valence-electron chi connectivity index (χ2n) is 4.12. The molecule has 0 bridgehead atoms. The van der Waals surface area contributed by atoms with Crippen LogP contribution >= 0.6 is 0 Å². The van der Waals surface area contributed by atoms with Gasteiger partial charge in [-0.2, -0.15) is 0 Å². The third kappa shape index (κ3) is 2.90. The van der Waals surface area contributed by atoms with E-state index in [0.29, 0.717) is 13.1 Å². The Morgan fingerprint density at radius 1 is 1.60 bits per heavy atom. The number of carbonyl (C=O) groups excluding carboxylic acids is 1. The van der Waals surface area contributed by atoms with Gasteiger partial charge < -0.3 is 15.6 Å². The summed E-state index contributed by atoms with van der Waals surface area (Å²) < 4.78 is 5.19. The maximum absolute atomic E-state index is 10.9. The molecular formula is C9H16N2O4. The summed E-state index contributed by atoms with van der Waals surface area (Å²) in [6.07, 6.45) is 0. The average Bonchev–Trinajstić information content (AvgIpc) is 2.08. The first kappa shape index (κ1) is 11.9. The molecule has 1 rings (SSSR count). The van der Waals surface area contributed by atoms with Crippen molar-refractivity contribution in [1.82, 2.24) is 4.90 Å². The highest BCUT2D eigenvalue weighted by Gasteiger charge is 2.43. The molecule has 0 radical (unpaired) electrons. The summed E-state index contributed by atoms with van der Waals surface area (Å²) in [6, 6.07) is -0.327. The standard InChI is InChI=1S/C9H16N2O4/c1-6(8(10)14)11-4-9(2,5-11)15-3-7(12)13/h6H,3-5H2,1-2H3,(H2,10,14)(H,12,13). The molecule has 1 aliphatic heterocycles. The van der Waals surface area contributed by atoms with Gasteiger partial charge >= 0.3 is 5.97 Å². The van der Waals surface area contributed by atoms with Gasteiger partial charge in [-0.05, 0) is 13.8 Å². The van der Waals surface area contributed by atoms with Crippen LogP contribution in [0.5, 0.6) is 0 Å². The van der Waals surface area contributed by atoms with Crippen molar-refractivity contribution in [3.63, 3.8) is 0 Å². The number of carboxylic acid groups (broad SMARTS) is 1. The topological polar surface area (TPSA) is 92.9 Å². The fraction of sp³-hybridized carbons (Fsp3) is 0.778. The second kappa shape index (κ2) is 4.16. The van der Waals surface area contributed by atoms with Crippen LogP contribution in [0.1, 0.15) is 13.8 Å². The molecule has 0 aromatic rings. The van der Waals surface area contributed by atoms with Crippen LogP contribution in [-0.2, 0) is 14.3 Å². The molecule has 86 valence electrons. The van der Waals surface area contributed by atoms with Crippen LogP contribution in [0.3, 0.4) is 0 Å². The Labute approximate surface area is 88.0 Å². The van der Waals surface area contributed by atoms with Gasteiger partial charge in [-0.25, -0.2) is 4.79 Å². The first-order valence-corrected chi connectivity index (χ1v) is 4.73. The number of ether oxygens (including phenoxy) is 1. The summed E-state index contributed by atoms with van der Waals surface area (Å²) in [5, 5.41) is 8.45. The Kier molecular flexibility index (Phi) is 3.31. The van der Waals surface area contributed by atoms with Gasteiger partial charge in [0.15, 0.2) is 0 Å². The number of primary amides is 1. The number of nitrogens with two attached hydrogens (primary N) is 1. The van der Waals surface area contributed by atoms with Crippen LogP contribution < -0.4 is 5.73 Å². The summed E-state index contributed by atoms with van der Waals surface area (Å²) in [5.74, 6) is -1.37. The molecule has 1 heterocycles. The lowest BCUT2D eigenvalue weighted by Crippen LogP contribution is -2.66. The number of likely N-dealkylation sites (tertiary alicyclic amines) is 1. The number of carbonyl (C=O) groups is 2. The van der Waals surface area contributed by atoms with Gasteiger partial charge in [0, 0.05) is 13.1 Å². The highest BCUT2D eigenvalue weighted by molar-refractivity contribution is 5.79. The Morgan fingerprint density at radius 2 is 2.13 bits per heavy atom. The number of amides is 1. The zero-order chi connectivity index (χ0) is 11.6. The molecule has 0 saturated carbocycles. The Hall–Kier alpha value is -1.14. The fourth-order valence-corrected chi connectivity index (χ4v) is 1.59. The Bertz CT molecular complexity index is 273. The zero-order valence-corrected chi connectivity index (χ0v) is 8.90. The molecule has 1 atom stereocenters. The molecule has 3 N–H and O–H groups in total. The summed E-state index contributed by atoms with van der Waals surface area (Å²) in [4.78, 5) is 23.0. The molecule has 6 nitrogen and oxygen atoms in total. The van der Waals surface area contributed by atoms with E-state index in [1.54, 1.807) is 6.92 Å². The normalized spacial score (nSPS) is 21.7. The quantitative estimate of drug-likeness (QED) is 0.617. The number of nitrogens with zero attached hydrogens (tertiary/aromatic N) is 1. The minimum absolute atomic E-state index is 0.310. The number of hydrogen-bond acceptors (Lipinski definition) is 4. The van der Waals surface area contributed by atoms with Crippen molar-refractivity contribution in [3.05, 3.63) is 0 Å². The van der Waals surface area contributed by atoms with Crippen molar-refractivity contribution < 1.29 is 19.4 Å². The molecule has 1 fully saturated rings. The summed E-state index contributed by atoms with van der Waals surface area (Å²) >= 11 is 0. The molecule has 1 aliphatic rings. The summed E-state index contributed by atoms with van der Waals surface area (Å²) in [5.41, 5.74) is 4.67. The van der Waals surface area contributed by atoms with Gasteiger partial charge in [0.1, 0.15) is 6.61 Å². The van der Waals surface area contributed by atoms with Crippen LogP contribution in [0.4, 0.5) is 0 Å². The maximum atomic E-state index is 10.9. The van der Waals surface area contributed by atoms with E-state index >= 15 is 0 Å². The molecule has 0 aromatic carbocycles. The predicted molar refractivity (Wildman–Crippen MR) is 52.2 cm³/mol. The first-order chi connectivity index (χ1) is 6.84. The summed E-state index contributed by atoms with van der Waals surface area (Å²) in [7, 11) is 0. The lowest BCUT2D eigenvalue weighted by molar-refractivity contribution is -0.171. The van der Waals surface area contributed by atoms with Crippen LogP contribution in [0, 0.1) is 0 Å². The van der Waals surface area contributed by atoms with Crippen molar-refractivity contribution in [2.24, 2.45) is 5.73 Å². The molecular weight excluding hydrogens is 200 g/mol. The van der Waals surface area contributed by atoms with Crippen LogP contribution in [-0.4, -0.2) is 53.2 Å². The zero-order valence-electron chi connectivity index (χ0n) is 8.90. The molecule has 1 amide bonds. The monoisotopic (exact) mass is 216 g/mol. The number of rotatable bonds is 5. The van der Waals surface area contributed by atoms with Crippen molar-refractivity contribution in [2.45, 2.75) is 25.5 Å². The SMILES string of the molecule is CC(C(N)=O)N1CC(C)(OCC(=O)O)C1. The molecule has 0 aliphatic carbocycles. The average molecular weight is 216 g/mol. The van der Waals surface area contributed by atoms with Crippen molar-refractivity contribution in [2.75, 3.05) is 19.7 Å². The van der Waals surface area contributed by atoms with Gasteiger partial charge in [0.2, 0.25) is 5.91 Å². The number of aliphatic carboxylic acids is 1. The van der Waals surface area contributed by atoms with E-state index in [4.69, 9.17) is 15.6 Å². The Morgan fingerprint density at radius 3 is 2.53 bits per heavy atom.